The first-order valence-electron chi connectivity index (χ1n) is 11.1. The summed E-state index contributed by atoms with van der Waals surface area (Å²) in [6.45, 7) is 4.82. The Morgan fingerprint density at radius 3 is 2.36 bits per heavy atom. The molecule has 0 aliphatic carbocycles. The number of sulfone groups is 1. The van der Waals surface area contributed by atoms with Gasteiger partial charge in [0, 0.05) is 22.9 Å². The molecular weight excluding hydrogens is 434 g/mol. The summed E-state index contributed by atoms with van der Waals surface area (Å²) in [5, 5.41) is 0. The molecule has 0 saturated carbocycles. The van der Waals surface area contributed by atoms with E-state index in [2.05, 4.69) is 53.3 Å². The van der Waals surface area contributed by atoms with E-state index in [0.717, 1.165) is 5.56 Å². The van der Waals surface area contributed by atoms with Crippen LogP contribution in [0.25, 0.3) is 11.1 Å². The second kappa shape index (κ2) is 8.20. The van der Waals surface area contributed by atoms with Crippen molar-refractivity contribution in [3.63, 3.8) is 0 Å². The van der Waals surface area contributed by atoms with Gasteiger partial charge in [0.1, 0.15) is 6.61 Å². The molecule has 0 unspecified atom stereocenters. The largest absolute Gasteiger partial charge is 0.343 e. The molecule has 3 aromatic carbocycles. The van der Waals surface area contributed by atoms with Gasteiger partial charge in [-0.25, -0.2) is 13.0 Å². The second-order valence-electron chi connectivity index (χ2n) is 9.17. The molecule has 2 aliphatic rings. The van der Waals surface area contributed by atoms with Crippen LogP contribution in [0.1, 0.15) is 36.6 Å². The van der Waals surface area contributed by atoms with Crippen LogP contribution in [0, 0.1) is 0 Å². The van der Waals surface area contributed by atoms with Crippen LogP contribution in [0.2, 0.25) is 0 Å². The zero-order valence-corrected chi connectivity index (χ0v) is 19.9. The SMILES string of the molecule is CC1(C)OC[C@@H]([N+]2=Cc3ccccc3-c3ccccc3C2)[C@@H](c2ccccc2S(C)(=O)=O)O1. The van der Waals surface area contributed by atoms with Crippen molar-refractivity contribution in [2.24, 2.45) is 0 Å². The van der Waals surface area contributed by atoms with Gasteiger partial charge in [0.25, 0.3) is 0 Å². The molecule has 0 aromatic heterocycles. The van der Waals surface area contributed by atoms with Crippen LogP contribution in [0.5, 0.6) is 0 Å². The second-order valence-corrected chi connectivity index (χ2v) is 11.2. The minimum absolute atomic E-state index is 0.208. The monoisotopic (exact) mass is 462 g/mol. The van der Waals surface area contributed by atoms with Gasteiger partial charge < -0.3 is 9.47 Å². The minimum atomic E-state index is -3.43. The van der Waals surface area contributed by atoms with Gasteiger partial charge in [0.15, 0.2) is 34.5 Å². The van der Waals surface area contributed by atoms with Crippen molar-refractivity contribution in [1.29, 1.82) is 0 Å². The van der Waals surface area contributed by atoms with Crippen molar-refractivity contribution in [3.8, 4) is 11.1 Å². The Bertz CT molecular complexity index is 1340. The first kappa shape index (κ1) is 22.0. The average molecular weight is 463 g/mol. The third-order valence-electron chi connectivity index (χ3n) is 6.34. The van der Waals surface area contributed by atoms with E-state index in [1.54, 1.807) is 12.1 Å². The third-order valence-corrected chi connectivity index (χ3v) is 7.51. The van der Waals surface area contributed by atoms with E-state index in [1.807, 2.05) is 32.0 Å². The topological polar surface area (TPSA) is 55.6 Å². The number of nitrogens with zero attached hydrogens (tertiary/aromatic N) is 1. The fourth-order valence-corrected chi connectivity index (χ4v) is 5.73. The van der Waals surface area contributed by atoms with Gasteiger partial charge in [-0.3, -0.25) is 0 Å². The van der Waals surface area contributed by atoms with Gasteiger partial charge in [-0.05, 0) is 37.1 Å². The molecule has 6 heteroatoms. The molecule has 33 heavy (non-hydrogen) atoms. The van der Waals surface area contributed by atoms with Crippen LogP contribution < -0.4 is 0 Å². The van der Waals surface area contributed by atoms with Crippen molar-refractivity contribution in [1.82, 2.24) is 0 Å². The summed E-state index contributed by atoms with van der Waals surface area (Å²) in [6, 6.07) is 23.7. The number of benzene rings is 3. The molecule has 0 N–H and O–H groups in total. The van der Waals surface area contributed by atoms with E-state index in [0.29, 0.717) is 23.6 Å². The number of hydrogen-bond acceptors (Lipinski definition) is 4. The predicted molar refractivity (Wildman–Crippen MR) is 128 cm³/mol. The van der Waals surface area contributed by atoms with E-state index in [-0.39, 0.29) is 6.04 Å². The lowest BCUT2D eigenvalue weighted by Crippen LogP contribution is -2.49. The number of hydrogen-bond donors (Lipinski definition) is 0. The molecule has 0 spiro atoms. The van der Waals surface area contributed by atoms with Crippen LogP contribution in [0.4, 0.5) is 0 Å². The minimum Gasteiger partial charge on any atom is -0.343 e. The van der Waals surface area contributed by atoms with Crippen LogP contribution in [0.3, 0.4) is 0 Å². The van der Waals surface area contributed by atoms with Crippen molar-refractivity contribution in [2.45, 2.75) is 43.2 Å². The van der Waals surface area contributed by atoms with E-state index in [1.165, 1.54) is 22.9 Å². The predicted octanol–water partition coefficient (Wildman–Crippen LogP) is 4.59. The lowest BCUT2D eigenvalue weighted by atomic mass is 9.97. The summed E-state index contributed by atoms with van der Waals surface area (Å²) >= 11 is 0. The zero-order chi connectivity index (χ0) is 23.2. The maximum Gasteiger partial charge on any atom is 0.206 e. The van der Waals surface area contributed by atoms with Crippen molar-refractivity contribution in [2.75, 3.05) is 12.9 Å². The fourth-order valence-electron chi connectivity index (χ4n) is 4.80. The molecule has 5 nitrogen and oxygen atoms in total. The first-order chi connectivity index (χ1) is 15.7. The molecule has 1 fully saturated rings. The molecule has 2 atom stereocenters. The van der Waals surface area contributed by atoms with Crippen LogP contribution in [-0.4, -0.2) is 43.9 Å². The molecule has 3 aromatic rings. The van der Waals surface area contributed by atoms with Crippen LogP contribution in [0.15, 0.2) is 77.7 Å². The summed E-state index contributed by atoms with van der Waals surface area (Å²) in [6.07, 6.45) is 2.92. The van der Waals surface area contributed by atoms with Gasteiger partial charge in [0.2, 0.25) is 6.04 Å². The van der Waals surface area contributed by atoms with Gasteiger partial charge in [0.05, 0.1) is 4.90 Å². The maximum atomic E-state index is 12.6. The number of ether oxygens (including phenoxy) is 2. The third kappa shape index (κ3) is 4.26. The highest BCUT2D eigenvalue weighted by atomic mass is 32.2. The lowest BCUT2D eigenvalue weighted by molar-refractivity contribution is -0.607. The molecule has 0 bridgehead atoms. The molecular formula is C27H28NO4S+. The highest BCUT2D eigenvalue weighted by Crippen LogP contribution is 2.39. The summed E-state index contributed by atoms with van der Waals surface area (Å²) in [5.74, 6) is -0.826. The van der Waals surface area contributed by atoms with Crippen molar-refractivity contribution < 1.29 is 22.5 Å². The van der Waals surface area contributed by atoms with E-state index in [4.69, 9.17) is 9.47 Å². The Morgan fingerprint density at radius 2 is 1.58 bits per heavy atom. The molecule has 5 rings (SSSR count). The molecule has 2 heterocycles. The van der Waals surface area contributed by atoms with Crippen LogP contribution in [-0.2, 0) is 25.9 Å². The van der Waals surface area contributed by atoms with Gasteiger partial charge in [-0.15, -0.1) is 0 Å². The zero-order valence-electron chi connectivity index (χ0n) is 19.1. The Kier molecular flexibility index (Phi) is 5.47. The summed E-state index contributed by atoms with van der Waals surface area (Å²) in [4.78, 5) is 0.299. The van der Waals surface area contributed by atoms with E-state index in [9.17, 15) is 8.42 Å². The number of rotatable bonds is 3. The molecule has 2 aliphatic heterocycles. The highest BCUT2D eigenvalue weighted by molar-refractivity contribution is 7.90. The summed E-state index contributed by atoms with van der Waals surface area (Å²) in [5.41, 5.74) is 5.38. The Balaban J connectivity index is 1.66. The molecule has 1 saturated heterocycles. The van der Waals surface area contributed by atoms with Crippen LogP contribution >= 0.6 is 0 Å². The standard InChI is InChI=1S/C27H28NO4S/c1-27(2)31-18-24(26(32-27)23-14-8-9-15-25(23)33(3,29)30)28-16-19-10-4-6-12-21(19)22-13-7-5-11-20(22)17-28/h4-16,24,26H,17-18H2,1-3H3/q+1/t24-,26-/m1/s1. The van der Waals surface area contributed by atoms with Crippen molar-refractivity contribution >= 4 is 16.1 Å². The van der Waals surface area contributed by atoms with Gasteiger partial charge >= 0.3 is 0 Å². The Morgan fingerprint density at radius 1 is 0.909 bits per heavy atom. The summed E-state index contributed by atoms with van der Waals surface area (Å²) in [7, 11) is -3.43. The highest BCUT2D eigenvalue weighted by Gasteiger charge is 2.45. The van der Waals surface area contributed by atoms with Gasteiger partial charge in [-0.1, -0.05) is 60.7 Å². The van der Waals surface area contributed by atoms with E-state index >= 15 is 0 Å². The maximum absolute atomic E-state index is 12.6. The van der Waals surface area contributed by atoms with Gasteiger partial charge in [-0.2, -0.15) is 0 Å². The van der Waals surface area contributed by atoms with Crippen molar-refractivity contribution in [3.05, 3.63) is 89.5 Å². The Labute approximate surface area is 195 Å². The smallest absolute Gasteiger partial charge is 0.206 e. The fraction of sp³-hybridized carbons (Fsp3) is 0.296. The molecule has 0 radical (unpaired) electrons. The van der Waals surface area contributed by atoms with E-state index < -0.39 is 21.7 Å². The Hall–Kier alpha value is -2.80. The first-order valence-corrected chi connectivity index (χ1v) is 13.0. The lowest BCUT2D eigenvalue weighted by Gasteiger charge is -2.39. The summed E-state index contributed by atoms with van der Waals surface area (Å²) < 4.78 is 40.0. The molecule has 170 valence electrons. The molecule has 0 amide bonds. The quantitative estimate of drug-likeness (QED) is 0.534. The average Bonchev–Trinajstić information content (AvgIpc) is 2.95. The normalized spacial score (nSPS) is 22.0. The number of fused-ring (bicyclic) bond motifs is 3.